The van der Waals surface area contributed by atoms with Gasteiger partial charge in [-0.1, -0.05) is 13.8 Å². The van der Waals surface area contributed by atoms with Crippen molar-refractivity contribution in [2.24, 2.45) is 5.92 Å². The fourth-order valence-electron chi connectivity index (χ4n) is 1.91. The first-order valence-corrected chi connectivity index (χ1v) is 7.61. The van der Waals surface area contributed by atoms with E-state index < -0.39 is 0 Å². The molecule has 0 aliphatic carbocycles. The lowest BCUT2D eigenvalue weighted by Crippen LogP contribution is -2.37. The Bertz CT molecular complexity index is 443. The smallest absolute Gasteiger partial charge is 0.257 e. The Hall–Kier alpha value is -1.82. The molecule has 1 N–H and O–H groups in total. The van der Waals surface area contributed by atoms with Crippen LogP contribution in [0.2, 0.25) is 0 Å². The van der Waals surface area contributed by atoms with E-state index in [4.69, 9.17) is 9.15 Å². The van der Waals surface area contributed by atoms with Crippen molar-refractivity contribution in [1.82, 2.24) is 10.2 Å². The summed E-state index contributed by atoms with van der Waals surface area (Å²) in [7, 11) is 1.58. The number of nitrogens with zero attached hydrogens (tertiary/aromatic N) is 1. The van der Waals surface area contributed by atoms with Crippen LogP contribution in [0.25, 0.3) is 0 Å². The van der Waals surface area contributed by atoms with Gasteiger partial charge in [0.25, 0.3) is 5.91 Å². The van der Waals surface area contributed by atoms with Gasteiger partial charge >= 0.3 is 0 Å². The Morgan fingerprint density at radius 1 is 1.36 bits per heavy atom. The van der Waals surface area contributed by atoms with Crippen LogP contribution < -0.4 is 5.32 Å². The van der Waals surface area contributed by atoms with E-state index in [2.05, 4.69) is 19.2 Å². The summed E-state index contributed by atoms with van der Waals surface area (Å²) in [6.07, 6.45) is 4.10. The zero-order valence-corrected chi connectivity index (χ0v) is 13.6. The number of furan rings is 1. The molecule has 0 saturated heterocycles. The molecule has 6 nitrogen and oxygen atoms in total. The number of amides is 2. The van der Waals surface area contributed by atoms with E-state index in [1.54, 1.807) is 18.1 Å². The summed E-state index contributed by atoms with van der Waals surface area (Å²) < 4.78 is 9.95. The first-order valence-electron chi connectivity index (χ1n) is 7.61. The molecule has 0 unspecified atom stereocenters. The highest BCUT2D eigenvalue weighted by atomic mass is 16.5. The standard InChI is InChI=1S/C16H26N2O4/c1-13(2)4-7-17-15(19)5-8-18(9-11-21-3)16(20)14-6-10-22-12-14/h6,10,12-13H,4-5,7-9,11H2,1-3H3,(H,17,19). The average molecular weight is 310 g/mol. The molecular formula is C16H26N2O4. The summed E-state index contributed by atoms with van der Waals surface area (Å²) in [6, 6.07) is 1.62. The highest BCUT2D eigenvalue weighted by Crippen LogP contribution is 2.06. The summed E-state index contributed by atoms with van der Waals surface area (Å²) in [5.41, 5.74) is 0.483. The lowest BCUT2D eigenvalue weighted by atomic mass is 10.1. The number of carbonyl (C=O) groups excluding carboxylic acids is 2. The minimum atomic E-state index is -0.152. The third-order valence-electron chi connectivity index (χ3n) is 3.27. The normalized spacial score (nSPS) is 10.7. The van der Waals surface area contributed by atoms with E-state index in [1.165, 1.54) is 12.5 Å². The van der Waals surface area contributed by atoms with Crippen LogP contribution in [-0.4, -0.2) is 50.1 Å². The molecule has 22 heavy (non-hydrogen) atoms. The molecule has 0 aliphatic rings. The lowest BCUT2D eigenvalue weighted by molar-refractivity contribution is -0.121. The highest BCUT2D eigenvalue weighted by molar-refractivity contribution is 5.94. The molecule has 0 radical (unpaired) electrons. The van der Waals surface area contributed by atoms with Gasteiger partial charge in [0, 0.05) is 33.2 Å². The SMILES string of the molecule is COCCN(CCC(=O)NCCC(C)C)C(=O)c1ccoc1. The Morgan fingerprint density at radius 2 is 2.14 bits per heavy atom. The maximum absolute atomic E-state index is 12.3. The lowest BCUT2D eigenvalue weighted by Gasteiger charge is -2.21. The van der Waals surface area contributed by atoms with Crippen molar-refractivity contribution < 1.29 is 18.7 Å². The molecule has 0 bridgehead atoms. The Balaban J connectivity index is 2.44. The second-order valence-electron chi connectivity index (χ2n) is 5.58. The first-order chi connectivity index (χ1) is 10.5. The van der Waals surface area contributed by atoms with Gasteiger partial charge in [0.05, 0.1) is 18.4 Å². The van der Waals surface area contributed by atoms with Gasteiger partial charge in [-0.2, -0.15) is 0 Å². The number of hydrogen-bond donors (Lipinski definition) is 1. The van der Waals surface area contributed by atoms with Crippen molar-refractivity contribution >= 4 is 11.8 Å². The fraction of sp³-hybridized carbons (Fsp3) is 0.625. The van der Waals surface area contributed by atoms with Gasteiger partial charge in [-0.25, -0.2) is 0 Å². The Labute approximate surface area is 131 Å². The Morgan fingerprint density at radius 3 is 2.73 bits per heavy atom. The highest BCUT2D eigenvalue weighted by Gasteiger charge is 2.17. The van der Waals surface area contributed by atoms with Gasteiger partial charge in [0.2, 0.25) is 5.91 Å². The molecule has 0 aliphatic heterocycles. The average Bonchev–Trinajstić information content (AvgIpc) is 3.00. The van der Waals surface area contributed by atoms with Gasteiger partial charge in [-0.05, 0) is 18.4 Å². The first kappa shape index (κ1) is 18.2. The second-order valence-corrected chi connectivity index (χ2v) is 5.58. The topological polar surface area (TPSA) is 71.8 Å². The number of rotatable bonds is 10. The van der Waals surface area contributed by atoms with Gasteiger partial charge in [0.15, 0.2) is 0 Å². The maximum Gasteiger partial charge on any atom is 0.257 e. The number of ether oxygens (including phenoxy) is 1. The zero-order chi connectivity index (χ0) is 16.4. The molecule has 1 rings (SSSR count). The molecule has 0 saturated carbocycles. The van der Waals surface area contributed by atoms with Crippen LogP contribution in [0.5, 0.6) is 0 Å². The quantitative estimate of drug-likeness (QED) is 0.716. The number of hydrogen-bond acceptors (Lipinski definition) is 4. The molecule has 2 amide bonds. The summed E-state index contributed by atoms with van der Waals surface area (Å²) >= 11 is 0. The summed E-state index contributed by atoms with van der Waals surface area (Å²) in [5, 5.41) is 2.87. The van der Waals surface area contributed by atoms with Crippen molar-refractivity contribution in [3.05, 3.63) is 24.2 Å². The van der Waals surface area contributed by atoms with E-state index in [0.717, 1.165) is 6.42 Å². The van der Waals surface area contributed by atoms with Gasteiger partial charge < -0.3 is 19.4 Å². The maximum atomic E-state index is 12.3. The van der Waals surface area contributed by atoms with Crippen LogP contribution >= 0.6 is 0 Å². The summed E-state index contributed by atoms with van der Waals surface area (Å²) in [5.74, 6) is 0.366. The van der Waals surface area contributed by atoms with Crippen LogP contribution in [0.1, 0.15) is 37.0 Å². The third kappa shape index (κ3) is 6.76. The number of nitrogens with one attached hydrogen (secondary N) is 1. The predicted molar refractivity (Wildman–Crippen MR) is 83.6 cm³/mol. The van der Waals surface area contributed by atoms with E-state index in [0.29, 0.717) is 37.7 Å². The van der Waals surface area contributed by atoms with Crippen molar-refractivity contribution in [1.29, 1.82) is 0 Å². The number of carbonyl (C=O) groups is 2. The van der Waals surface area contributed by atoms with Crippen LogP contribution in [0.15, 0.2) is 23.0 Å². The minimum Gasteiger partial charge on any atom is -0.472 e. The fourth-order valence-corrected chi connectivity index (χ4v) is 1.91. The molecule has 6 heteroatoms. The molecular weight excluding hydrogens is 284 g/mol. The molecule has 1 heterocycles. The number of methoxy groups -OCH3 is 1. The van der Waals surface area contributed by atoms with E-state index in [9.17, 15) is 9.59 Å². The monoisotopic (exact) mass is 310 g/mol. The largest absolute Gasteiger partial charge is 0.472 e. The van der Waals surface area contributed by atoms with Crippen molar-refractivity contribution in [2.45, 2.75) is 26.7 Å². The van der Waals surface area contributed by atoms with Crippen LogP contribution in [0.4, 0.5) is 0 Å². The van der Waals surface area contributed by atoms with Crippen molar-refractivity contribution in [3.8, 4) is 0 Å². The zero-order valence-electron chi connectivity index (χ0n) is 13.6. The molecule has 124 valence electrons. The van der Waals surface area contributed by atoms with Crippen LogP contribution in [0.3, 0.4) is 0 Å². The Kier molecular flexibility index (Phi) is 8.28. The molecule has 0 spiro atoms. The van der Waals surface area contributed by atoms with Crippen molar-refractivity contribution in [3.63, 3.8) is 0 Å². The molecule has 1 aromatic rings. The summed E-state index contributed by atoms with van der Waals surface area (Å²) in [6.45, 7) is 6.13. The molecule has 0 fully saturated rings. The molecule has 0 atom stereocenters. The second kappa shape index (κ2) is 10.00. The predicted octanol–water partition coefficient (Wildman–Crippen LogP) is 1.92. The van der Waals surface area contributed by atoms with Crippen LogP contribution in [-0.2, 0) is 9.53 Å². The summed E-state index contributed by atoms with van der Waals surface area (Å²) in [4.78, 5) is 25.7. The third-order valence-corrected chi connectivity index (χ3v) is 3.27. The van der Waals surface area contributed by atoms with Crippen LogP contribution in [0, 0.1) is 5.92 Å². The molecule has 1 aromatic heterocycles. The van der Waals surface area contributed by atoms with E-state index in [-0.39, 0.29) is 18.2 Å². The van der Waals surface area contributed by atoms with E-state index in [1.807, 2.05) is 0 Å². The van der Waals surface area contributed by atoms with Crippen molar-refractivity contribution in [2.75, 3.05) is 33.4 Å². The van der Waals surface area contributed by atoms with E-state index >= 15 is 0 Å². The van der Waals surface area contributed by atoms with Gasteiger partial charge in [-0.3, -0.25) is 9.59 Å². The van der Waals surface area contributed by atoms with Gasteiger partial charge in [-0.15, -0.1) is 0 Å². The minimum absolute atomic E-state index is 0.0388. The molecule has 0 aromatic carbocycles. The van der Waals surface area contributed by atoms with Gasteiger partial charge in [0.1, 0.15) is 6.26 Å².